The van der Waals surface area contributed by atoms with Crippen molar-refractivity contribution in [3.05, 3.63) is 40.7 Å². The summed E-state index contributed by atoms with van der Waals surface area (Å²) in [4.78, 5) is 27.9. The second kappa shape index (κ2) is 10.8. The van der Waals surface area contributed by atoms with Crippen LogP contribution in [0.5, 0.6) is 0 Å². The van der Waals surface area contributed by atoms with Gasteiger partial charge in [-0.2, -0.15) is 4.99 Å². The summed E-state index contributed by atoms with van der Waals surface area (Å²) in [6.45, 7) is 8.08. The molecule has 0 fully saturated rings. The number of aliphatic imine (C=N–C) groups is 1. The van der Waals surface area contributed by atoms with Crippen LogP contribution in [-0.4, -0.2) is 34.7 Å². The third kappa shape index (κ3) is 5.51. The standard InChI is InChI=1S/C16H18N2O5S.C4H10/c1-3-23-14-12(16(21)22)10(11(15(19)20)13(17)18-14)8-5-4-7(2)6-9(8)24;1-3-4-2/h4-6,10,12,24H,3,17H2,1-2H3,(H,19,20)(H,21,22);3-4H2,1-2H3. The van der Waals surface area contributed by atoms with E-state index >= 15 is 0 Å². The highest BCUT2D eigenvalue weighted by atomic mass is 32.1. The normalized spacial score (nSPS) is 18.7. The van der Waals surface area contributed by atoms with Crippen molar-refractivity contribution in [3.8, 4) is 0 Å². The van der Waals surface area contributed by atoms with Crippen LogP contribution >= 0.6 is 12.6 Å². The largest absolute Gasteiger partial charge is 0.481 e. The number of aliphatic carboxylic acids is 2. The van der Waals surface area contributed by atoms with Crippen molar-refractivity contribution >= 4 is 30.5 Å². The molecule has 7 nitrogen and oxygen atoms in total. The number of hydrogen-bond donors (Lipinski definition) is 4. The van der Waals surface area contributed by atoms with E-state index in [-0.39, 0.29) is 23.9 Å². The molecule has 4 N–H and O–H groups in total. The van der Waals surface area contributed by atoms with Gasteiger partial charge in [-0.25, -0.2) is 4.79 Å². The first-order valence-corrected chi connectivity index (χ1v) is 9.60. The number of carboxylic acids is 2. The second-order valence-corrected chi connectivity index (χ2v) is 6.82. The van der Waals surface area contributed by atoms with Crippen molar-refractivity contribution in [2.24, 2.45) is 16.6 Å². The Morgan fingerprint density at radius 2 is 1.82 bits per heavy atom. The summed E-state index contributed by atoms with van der Waals surface area (Å²) in [6.07, 6.45) is 2.64. The van der Waals surface area contributed by atoms with E-state index in [1.807, 2.05) is 6.92 Å². The number of ether oxygens (including phenoxy) is 1. The first kappa shape index (κ1) is 23.6. The molecule has 0 amide bonds. The smallest absolute Gasteiger partial charge is 0.335 e. The highest BCUT2D eigenvalue weighted by molar-refractivity contribution is 7.80. The molecule has 1 aromatic carbocycles. The molecule has 1 aliphatic heterocycles. The Hall–Kier alpha value is -2.48. The quantitative estimate of drug-likeness (QED) is 0.553. The van der Waals surface area contributed by atoms with E-state index in [0.717, 1.165) is 5.56 Å². The monoisotopic (exact) mass is 408 g/mol. The minimum absolute atomic E-state index is 0.106. The van der Waals surface area contributed by atoms with Crippen LogP contribution in [0.2, 0.25) is 0 Å². The van der Waals surface area contributed by atoms with E-state index < -0.39 is 23.8 Å². The van der Waals surface area contributed by atoms with Crippen LogP contribution in [0.25, 0.3) is 0 Å². The molecule has 2 rings (SSSR count). The summed E-state index contributed by atoms with van der Waals surface area (Å²) in [5, 5.41) is 19.2. The van der Waals surface area contributed by atoms with E-state index in [1.54, 1.807) is 25.1 Å². The van der Waals surface area contributed by atoms with Crippen LogP contribution in [0.3, 0.4) is 0 Å². The van der Waals surface area contributed by atoms with E-state index in [9.17, 15) is 19.8 Å². The van der Waals surface area contributed by atoms with Crippen molar-refractivity contribution in [1.29, 1.82) is 0 Å². The molecule has 0 saturated heterocycles. The molecule has 8 heteroatoms. The maximum Gasteiger partial charge on any atom is 0.335 e. The number of hydrogen-bond acceptors (Lipinski definition) is 6. The van der Waals surface area contributed by atoms with Gasteiger partial charge < -0.3 is 20.7 Å². The molecule has 154 valence electrons. The first-order chi connectivity index (χ1) is 13.2. The lowest BCUT2D eigenvalue weighted by Gasteiger charge is -2.30. The Labute approximate surface area is 170 Å². The average Bonchev–Trinajstić information content (AvgIpc) is 2.61. The number of rotatable bonds is 5. The molecule has 1 aliphatic rings. The van der Waals surface area contributed by atoms with Gasteiger partial charge in [0, 0.05) is 10.8 Å². The Bertz CT molecular complexity index is 787. The number of nitrogens with two attached hydrogens (primary N) is 1. The Morgan fingerprint density at radius 3 is 2.25 bits per heavy atom. The van der Waals surface area contributed by atoms with Gasteiger partial charge in [0.15, 0.2) is 0 Å². The van der Waals surface area contributed by atoms with Gasteiger partial charge in [-0.05, 0) is 25.5 Å². The second-order valence-electron chi connectivity index (χ2n) is 6.34. The number of thiol groups is 1. The average molecular weight is 409 g/mol. The van der Waals surface area contributed by atoms with Gasteiger partial charge in [0.1, 0.15) is 11.7 Å². The van der Waals surface area contributed by atoms with Crippen LogP contribution in [0, 0.1) is 12.8 Å². The highest BCUT2D eigenvalue weighted by Crippen LogP contribution is 2.40. The number of carbonyl (C=O) groups is 2. The molecule has 0 radical (unpaired) electrons. The fraction of sp³-hybridized carbons (Fsp3) is 0.450. The predicted molar refractivity (Wildman–Crippen MR) is 111 cm³/mol. The number of unbranched alkanes of at least 4 members (excludes halogenated alkanes) is 1. The van der Waals surface area contributed by atoms with Gasteiger partial charge in [-0.3, -0.25) is 4.79 Å². The van der Waals surface area contributed by atoms with E-state index in [4.69, 9.17) is 10.5 Å². The van der Waals surface area contributed by atoms with E-state index in [2.05, 4.69) is 31.5 Å². The van der Waals surface area contributed by atoms with Crippen LogP contribution < -0.4 is 5.73 Å². The zero-order chi connectivity index (χ0) is 21.4. The first-order valence-electron chi connectivity index (χ1n) is 9.16. The number of aryl methyl sites for hydroxylation is 1. The molecule has 1 aromatic rings. The predicted octanol–water partition coefficient (Wildman–Crippen LogP) is 3.58. The Balaban J connectivity index is 0.000000892. The van der Waals surface area contributed by atoms with Gasteiger partial charge in [0.25, 0.3) is 0 Å². The lowest BCUT2D eigenvalue weighted by atomic mass is 9.78. The zero-order valence-corrected chi connectivity index (χ0v) is 17.5. The Kier molecular flexibility index (Phi) is 9.05. The Morgan fingerprint density at radius 1 is 1.21 bits per heavy atom. The van der Waals surface area contributed by atoms with Gasteiger partial charge in [0.2, 0.25) is 5.90 Å². The van der Waals surface area contributed by atoms with Gasteiger partial charge in [-0.1, -0.05) is 44.4 Å². The van der Waals surface area contributed by atoms with Crippen LogP contribution in [0.4, 0.5) is 0 Å². The zero-order valence-electron chi connectivity index (χ0n) is 16.6. The lowest BCUT2D eigenvalue weighted by molar-refractivity contribution is -0.140. The molecule has 2 unspecified atom stereocenters. The van der Waals surface area contributed by atoms with Gasteiger partial charge in [0.05, 0.1) is 12.2 Å². The van der Waals surface area contributed by atoms with Crippen molar-refractivity contribution in [1.82, 2.24) is 0 Å². The molecule has 28 heavy (non-hydrogen) atoms. The maximum atomic E-state index is 11.8. The minimum Gasteiger partial charge on any atom is -0.481 e. The number of carboxylic acid groups (broad SMARTS) is 2. The molecule has 0 aromatic heterocycles. The SMILES string of the molecule is CCCC.CCOC1=NC(N)=C(C(=O)O)C(c2ccc(C)cc2S)C1C(=O)O. The summed E-state index contributed by atoms with van der Waals surface area (Å²) in [6, 6.07) is 5.15. The van der Waals surface area contributed by atoms with Gasteiger partial charge in [-0.15, -0.1) is 12.6 Å². The third-order valence-electron chi connectivity index (χ3n) is 4.23. The molecule has 0 saturated carbocycles. The molecule has 0 aliphatic carbocycles. The molecule has 0 bridgehead atoms. The fourth-order valence-corrected chi connectivity index (χ4v) is 3.15. The molecule has 1 heterocycles. The number of benzene rings is 1. The molecule has 0 spiro atoms. The highest BCUT2D eigenvalue weighted by Gasteiger charge is 2.44. The summed E-state index contributed by atoms with van der Waals surface area (Å²) in [5.41, 5.74) is 6.87. The van der Waals surface area contributed by atoms with E-state index in [1.165, 1.54) is 12.8 Å². The van der Waals surface area contributed by atoms with Crippen LogP contribution in [-0.2, 0) is 14.3 Å². The summed E-state index contributed by atoms with van der Waals surface area (Å²) in [5.74, 6) is -5.28. The number of nitrogens with zero attached hydrogens (tertiary/aromatic N) is 1. The van der Waals surface area contributed by atoms with Crippen molar-refractivity contribution < 1.29 is 24.5 Å². The lowest BCUT2D eigenvalue weighted by Crippen LogP contribution is -2.38. The van der Waals surface area contributed by atoms with Crippen LogP contribution in [0.1, 0.15) is 50.7 Å². The fourth-order valence-electron chi connectivity index (χ4n) is 2.73. The van der Waals surface area contributed by atoms with Crippen molar-refractivity contribution in [3.63, 3.8) is 0 Å². The van der Waals surface area contributed by atoms with Crippen molar-refractivity contribution in [2.45, 2.75) is 51.3 Å². The summed E-state index contributed by atoms with van der Waals surface area (Å²) < 4.78 is 5.31. The maximum absolute atomic E-state index is 11.8. The van der Waals surface area contributed by atoms with Crippen LogP contribution in [0.15, 0.2) is 39.5 Å². The van der Waals surface area contributed by atoms with Gasteiger partial charge >= 0.3 is 11.9 Å². The van der Waals surface area contributed by atoms with E-state index in [0.29, 0.717) is 10.5 Å². The minimum atomic E-state index is -1.32. The summed E-state index contributed by atoms with van der Waals surface area (Å²) >= 11 is 4.38. The van der Waals surface area contributed by atoms with Crippen molar-refractivity contribution in [2.75, 3.05) is 6.61 Å². The summed E-state index contributed by atoms with van der Waals surface area (Å²) in [7, 11) is 0. The topological polar surface area (TPSA) is 122 Å². The molecular formula is C20H28N2O5S. The molecule has 2 atom stereocenters. The molecular weight excluding hydrogens is 380 g/mol. The third-order valence-corrected chi connectivity index (χ3v) is 4.61.